The Hall–Kier alpha value is -3.08. The number of benzene rings is 2. The maximum Gasteiger partial charge on any atom is 0.342 e. The summed E-state index contributed by atoms with van der Waals surface area (Å²) in [5.41, 5.74) is 3.86. The van der Waals surface area contributed by atoms with Crippen molar-refractivity contribution in [3.8, 4) is 11.5 Å². The Morgan fingerprint density at radius 3 is 2.70 bits per heavy atom. The molecule has 0 fully saturated rings. The summed E-state index contributed by atoms with van der Waals surface area (Å²) < 4.78 is 5.56. The Kier molecular flexibility index (Phi) is 7.28. The molecule has 2 aromatic carbocycles. The standard InChI is InChI=1S/C25H29NO4/c1-17-8-6-13-21(14-17)26-20-11-5-3-4-10-19-15-22(27)16-23(28)24(19)25(29)30-18(2)9-7-12-20/h4,6,8,10,13-16,18,27-28H,3,5,7,9,11-12H2,1-2H3. The van der Waals surface area contributed by atoms with E-state index in [0.29, 0.717) is 12.0 Å². The number of phenolic OH excluding ortho intramolecular Hbond substituents is 2. The van der Waals surface area contributed by atoms with Crippen LogP contribution in [0.2, 0.25) is 0 Å². The Morgan fingerprint density at radius 1 is 1.10 bits per heavy atom. The summed E-state index contributed by atoms with van der Waals surface area (Å²) in [4.78, 5) is 17.5. The Labute approximate surface area is 177 Å². The molecule has 3 rings (SSSR count). The van der Waals surface area contributed by atoms with Crippen molar-refractivity contribution in [1.82, 2.24) is 0 Å². The third-order valence-electron chi connectivity index (χ3n) is 5.14. The first-order chi connectivity index (χ1) is 14.4. The van der Waals surface area contributed by atoms with E-state index in [1.165, 1.54) is 11.6 Å². The molecular formula is C25H29NO4. The number of carbonyl (C=O) groups is 1. The first-order valence-corrected chi connectivity index (χ1v) is 10.5. The van der Waals surface area contributed by atoms with E-state index in [9.17, 15) is 15.0 Å². The van der Waals surface area contributed by atoms with Gasteiger partial charge in [-0.15, -0.1) is 0 Å². The van der Waals surface area contributed by atoms with Gasteiger partial charge in [0.1, 0.15) is 17.1 Å². The summed E-state index contributed by atoms with van der Waals surface area (Å²) in [6.45, 7) is 3.92. The molecule has 5 heteroatoms. The molecule has 1 aliphatic rings. The van der Waals surface area contributed by atoms with Gasteiger partial charge in [0.2, 0.25) is 0 Å². The van der Waals surface area contributed by atoms with Gasteiger partial charge in [-0.3, -0.25) is 4.99 Å². The lowest BCUT2D eigenvalue weighted by molar-refractivity contribution is 0.0318. The minimum atomic E-state index is -0.578. The average molecular weight is 408 g/mol. The number of hydrogen-bond donors (Lipinski definition) is 2. The van der Waals surface area contributed by atoms with Gasteiger partial charge < -0.3 is 14.9 Å². The maximum atomic E-state index is 12.6. The molecule has 30 heavy (non-hydrogen) atoms. The second-order valence-electron chi connectivity index (χ2n) is 7.85. The van der Waals surface area contributed by atoms with Crippen molar-refractivity contribution in [2.45, 2.75) is 58.5 Å². The van der Waals surface area contributed by atoms with Crippen LogP contribution in [0, 0.1) is 6.92 Å². The van der Waals surface area contributed by atoms with Crippen LogP contribution in [0.15, 0.2) is 47.5 Å². The molecule has 0 aromatic heterocycles. The third kappa shape index (κ3) is 5.96. The van der Waals surface area contributed by atoms with E-state index < -0.39 is 5.97 Å². The second kappa shape index (κ2) is 10.1. The topological polar surface area (TPSA) is 79.1 Å². The SMILES string of the molecule is Cc1cccc(N=C2CCCC=Cc3cc(O)cc(O)c3C(=O)OC(C)CCC2)c1. The van der Waals surface area contributed by atoms with Crippen molar-refractivity contribution in [2.24, 2.45) is 4.99 Å². The number of cyclic esters (lactones) is 1. The van der Waals surface area contributed by atoms with Gasteiger partial charge in [0, 0.05) is 11.8 Å². The molecule has 0 spiro atoms. The number of fused-ring (bicyclic) bond motifs is 1. The summed E-state index contributed by atoms with van der Waals surface area (Å²) >= 11 is 0. The smallest absolute Gasteiger partial charge is 0.342 e. The lowest BCUT2D eigenvalue weighted by atomic mass is 10.0. The quantitative estimate of drug-likeness (QED) is 0.561. The molecular weight excluding hydrogens is 378 g/mol. The Balaban J connectivity index is 1.83. The van der Waals surface area contributed by atoms with E-state index in [0.717, 1.165) is 49.6 Å². The molecule has 0 saturated carbocycles. The molecule has 2 aromatic rings. The lowest BCUT2D eigenvalue weighted by Crippen LogP contribution is -2.16. The number of carbonyl (C=O) groups excluding carboxylic acids is 1. The Morgan fingerprint density at radius 2 is 1.90 bits per heavy atom. The lowest BCUT2D eigenvalue weighted by Gasteiger charge is -2.16. The average Bonchev–Trinajstić information content (AvgIpc) is 2.66. The fourth-order valence-electron chi connectivity index (χ4n) is 3.63. The highest BCUT2D eigenvalue weighted by Gasteiger charge is 2.20. The molecule has 2 N–H and O–H groups in total. The van der Waals surface area contributed by atoms with E-state index in [1.807, 2.05) is 25.1 Å². The fourth-order valence-corrected chi connectivity index (χ4v) is 3.63. The van der Waals surface area contributed by atoms with Crippen LogP contribution in [0.5, 0.6) is 11.5 Å². The zero-order valence-corrected chi connectivity index (χ0v) is 17.6. The zero-order chi connectivity index (χ0) is 21.5. The van der Waals surface area contributed by atoms with Gasteiger partial charge in [-0.05, 0) is 81.7 Å². The van der Waals surface area contributed by atoms with Crippen molar-refractivity contribution in [1.29, 1.82) is 0 Å². The van der Waals surface area contributed by atoms with Gasteiger partial charge in [0.05, 0.1) is 11.8 Å². The molecule has 1 atom stereocenters. The summed E-state index contributed by atoms with van der Waals surface area (Å²) in [6.07, 6.45) is 8.47. The zero-order valence-electron chi connectivity index (χ0n) is 17.6. The van der Waals surface area contributed by atoms with Crippen molar-refractivity contribution < 1.29 is 19.7 Å². The van der Waals surface area contributed by atoms with Crippen molar-refractivity contribution in [3.05, 3.63) is 59.2 Å². The van der Waals surface area contributed by atoms with Crippen molar-refractivity contribution in [3.63, 3.8) is 0 Å². The van der Waals surface area contributed by atoms with E-state index in [2.05, 4.69) is 19.1 Å². The van der Waals surface area contributed by atoms with Crippen LogP contribution in [0.1, 0.15) is 66.9 Å². The fraction of sp³-hybridized carbons (Fsp3) is 0.360. The van der Waals surface area contributed by atoms with Gasteiger partial charge in [-0.25, -0.2) is 4.79 Å². The Bertz CT molecular complexity index is 962. The highest BCUT2D eigenvalue weighted by molar-refractivity contribution is 5.97. The van der Waals surface area contributed by atoms with Crippen LogP contribution in [-0.2, 0) is 4.74 Å². The first-order valence-electron chi connectivity index (χ1n) is 10.5. The van der Waals surface area contributed by atoms with Gasteiger partial charge >= 0.3 is 5.97 Å². The number of nitrogens with zero attached hydrogens (tertiary/aromatic N) is 1. The predicted molar refractivity (Wildman–Crippen MR) is 120 cm³/mol. The highest BCUT2D eigenvalue weighted by atomic mass is 16.5. The van der Waals surface area contributed by atoms with Gasteiger partial charge in [0.25, 0.3) is 0 Å². The third-order valence-corrected chi connectivity index (χ3v) is 5.14. The molecule has 0 aliphatic carbocycles. The number of aryl methyl sites for hydroxylation is 1. The molecule has 158 valence electrons. The molecule has 0 radical (unpaired) electrons. The summed E-state index contributed by atoms with van der Waals surface area (Å²) in [6, 6.07) is 10.8. The van der Waals surface area contributed by atoms with Crippen LogP contribution in [0.25, 0.3) is 6.08 Å². The van der Waals surface area contributed by atoms with Crippen LogP contribution in [-0.4, -0.2) is 28.0 Å². The maximum absolute atomic E-state index is 12.6. The summed E-state index contributed by atoms with van der Waals surface area (Å²) in [5.74, 6) is -0.942. The van der Waals surface area contributed by atoms with Gasteiger partial charge in [0.15, 0.2) is 0 Å². The van der Waals surface area contributed by atoms with E-state index >= 15 is 0 Å². The van der Waals surface area contributed by atoms with Crippen LogP contribution < -0.4 is 0 Å². The van der Waals surface area contributed by atoms with Gasteiger partial charge in [-0.1, -0.05) is 24.3 Å². The minimum Gasteiger partial charge on any atom is -0.508 e. The predicted octanol–water partition coefficient (Wildman–Crippen LogP) is 6.09. The number of allylic oxidation sites excluding steroid dienone is 1. The van der Waals surface area contributed by atoms with Crippen molar-refractivity contribution in [2.75, 3.05) is 0 Å². The molecule has 1 aliphatic heterocycles. The molecule has 5 nitrogen and oxygen atoms in total. The number of ether oxygens (including phenoxy) is 1. The molecule has 0 bridgehead atoms. The van der Waals surface area contributed by atoms with Crippen molar-refractivity contribution >= 4 is 23.4 Å². The number of hydrogen-bond acceptors (Lipinski definition) is 5. The van der Waals surface area contributed by atoms with Crippen LogP contribution in [0.4, 0.5) is 5.69 Å². The monoisotopic (exact) mass is 407 g/mol. The van der Waals surface area contributed by atoms with E-state index in [-0.39, 0.29) is 23.2 Å². The number of aliphatic imine (C=N–C) groups is 1. The number of aromatic hydroxyl groups is 2. The number of phenols is 2. The number of rotatable bonds is 1. The van der Waals surface area contributed by atoms with Gasteiger partial charge in [-0.2, -0.15) is 0 Å². The molecule has 0 saturated heterocycles. The summed E-state index contributed by atoms with van der Waals surface area (Å²) in [5, 5.41) is 20.0. The second-order valence-corrected chi connectivity index (χ2v) is 7.85. The largest absolute Gasteiger partial charge is 0.508 e. The van der Waals surface area contributed by atoms with E-state index in [1.54, 1.807) is 6.08 Å². The summed E-state index contributed by atoms with van der Waals surface area (Å²) in [7, 11) is 0. The van der Waals surface area contributed by atoms with E-state index in [4.69, 9.17) is 9.73 Å². The number of esters is 1. The minimum absolute atomic E-state index is 0.0922. The molecule has 1 heterocycles. The molecule has 0 amide bonds. The van der Waals surface area contributed by atoms with Crippen LogP contribution >= 0.6 is 0 Å². The highest BCUT2D eigenvalue weighted by Crippen LogP contribution is 2.30. The first kappa shape index (κ1) is 21.6. The normalized spacial score (nSPS) is 19.7. The molecule has 1 unspecified atom stereocenters. The van der Waals surface area contributed by atoms with Crippen LogP contribution in [0.3, 0.4) is 0 Å².